The first kappa shape index (κ1) is 16.4. The van der Waals surface area contributed by atoms with Gasteiger partial charge >= 0.3 is 0 Å². The van der Waals surface area contributed by atoms with Crippen LogP contribution in [0.15, 0.2) is 22.7 Å². The Kier molecular flexibility index (Phi) is 6.78. The molecule has 104 valence electrons. The van der Waals surface area contributed by atoms with E-state index in [1.54, 1.807) is 13.1 Å². The van der Waals surface area contributed by atoms with E-state index < -0.39 is 0 Å². The Morgan fingerprint density at radius 3 is 2.74 bits per heavy atom. The second kappa shape index (κ2) is 7.84. The van der Waals surface area contributed by atoms with Gasteiger partial charge < -0.3 is 10.2 Å². The highest BCUT2D eigenvalue weighted by Gasteiger charge is 2.17. The summed E-state index contributed by atoms with van der Waals surface area (Å²) in [6.45, 7) is 2.68. The third kappa shape index (κ3) is 5.10. The Morgan fingerprint density at radius 2 is 2.11 bits per heavy atom. The number of nitrogens with one attached hydrogen (secondary N) is 1. The van der Waals surface area contributed by atoms with Crippen molar-refractivity contribution in [2.24, 2.45) is 0 Å². The van der Waals surface area contributed by atoms with E-state index in [0.717, 1.165) is 14.5 Å². The number of nitrogens with zero attached hydrogens (tertiary/aromatic N) is 1. The summed E-state index contributed by atoms with van der Waals surface area (Å²) in [6.07, 6.45) is 0.881. The molecule has 4 nitrogen and oxygen atoms in total. The first-order valence-corrected chi connectivity index (χ1v) is 7.80. The van der Waals surface area contributed by atoms with Gasteiger partial charge in [-0.1, -0.05) is 6.92 Å². The lowest BCUT2D eigenvalue weighted by molar-refractivity contribution is -0.121. The Morgan fingerprint density at radius 1 is 1.42 bits per heavy atom. The lowest BCUT2D eigenvalue weighted by Crippen LogP contribution is -2.38. The van der Waals surface area contributed by atoms with Gasteiger partial charge in [-0.15, -0.1) is 0 Å². The van der Waals surface area contributed by atoms with E-state index >= 15 is 0 Å². The number of carbonyl (C=O) groups is 2. The predicted octanol–water partition coefficient (Wildman–Crippen LogP) is 2.65. The van der Waals surface area contributed by atoms with Gasteiger partial charge in [0.2, 0.25) is 5.91 Å². The van der Waals surface area contributed by atoms with Gasteiger partial charge in [0.05, 0.1) is 12.1 Å². The molecule has 1 aromatic rings. The fourth-order valence-electron chi connectivity index (χ4n) is 1.47. The number of likely N-dealkylation sites (N-methyl/N-ethyl adjacent to an activating group) is 1. The highest BCUT2D eigenvalue weighted by atomic mass is 127. The Hall–Kier alpha value is -0.630. The lowest BCUT2D eigenvalue weighted by Gasteiger charge is -2.17. The Balaban J connectivity index is 2.71. The van der Waals surface area contributed by atoms with Crippen molar-refractivity contribution >= 4 is 50.3 Å². The smallest absolute Gasteiger partial charge is 0.255 e. The minimum Gasteiger partial charge on any atom is -0.355 e. The molecule has 1 rings (SSSR count). The molecule has 0 fully saturated rings. The summed E-state index contributed by atoms with van der Waals surface area (Å²) < 4.78 is 1.71. The average Bonchev–Trinajstić information content (AvgIpc) is 2.38. The van der Waals surface area contributed by atoms with Crippen LogP contribution in [0, 0.1) is 3.57 Å². The molecule has 0 radical (unpaired) electrons. The lowest BCUT2D eigenvalue weighted by atomic mass is 10.2. The number of benzene rings is 1. The monoisotopic (exact) mass is 438 g/mol. The first-order chi connectivity index (χ1) is 8.95. The van der Waals surface area contributed by atoms with Crippen molar-refractivity contribution in [2.75, 3.05) is 20.1 Å². The Bertz CT molecular complexity index is 480. The molecular formula is C13H16BrIN2O2. The zero-order valence-corrected chi connectivity index (χ0v) is 14.6. The highest BCUT2D eigenvalue weighted by Crippen LogP contribution is 2.20. The van der Waals surface area contributed by atoms with E-state index in [1.807, 2.05) is 19.1 Å². The van der Waals surface area contributed by atoms with Crippen LogP contribution in [0.1, 0.15) is 23.7 Å². The van der Waals surface area contributed by atoms with Gasteiger partial charge in [0.1, 0.15) is 0 Å². The summed E-state index contributed by atoms with van der Waals surface area (Å²) in [5.41, 5.74) is 0.567. The van der Waals surface area contributed by atoms with Gasteiger partial charge in [-0.3, -0.25) is 9.59 Å². The maximum atomic E-state index is 12.2. The minimum absolute atomic E-state index is 0.0662. The van der Waals surface area contributed by atoms with Gasteiger partial charge in [-0.2, -0.15) is 0 Å². The van der Waals surface area contributed by atoms with Crippen molar-refractivity contribution in [3.8, 4) is 0 Å². The minimum atomic E-state index is -0.169. The van der Waals surface area contributed by atoms with E-state index in [0.29, 0.717) is 12.1 Å². The summed E-state index contributed by atoms with van der Waals surface area (Å²) in [4.78, 5) is 25.2. The van der Waals surface area contributed by atoms with Gasteiger partial charge in [0, 0.05) is 21.6 Å². The average molecular weight is 439 g/mol. The van der Waals surface area contributed by atoms with Gasteiger partial charge in [-0.05, 0) is 63.1 Å². The standard InChI is InChI=1S/C13H16BrIN2O2/c1-3-6-16-12(18)8-17(2)13(19)10-7-9(15)4-5-11(10)14/h4-5,7H,3,6,8H2,1-2H3,(H,16,18). The summed E-state index contributed by atoms with van der Waals surface area (Å²) in [6, 6.07) is 5.54. The molecule has 0 unspecified atom stereocenters. The van der Waals surface area contributed by atoms with Gasteiger partial charge in [0.25, 0.3) is 5.91 Å². The number of hydrogen-bond acceptors (Lipinski definition) is 2. The molecule has 0 atom stereocenters. The van der Waals surface area contributed by atoms with E-state index in [-0.39, 0.29) is 18.4 Å². The van der Waals surface area contributed by atoms with Crippen LogP contribution in [0.4, 0.5) is 0 Å². The molecule has 1 aromatic carbocycles. The highest BCUT2D eigenvalue weighted by molar-refractivity contribution is 14.1. The summed E-state index contributed by atoms with van der Waals surface area (Å²) in [7, 11) is 1.63. The van der Waals surface area contributed by atoms with E-state index in [4.69, 9.17) is 0 Å². The molecular weight excluding hydrogens is 423 g/mol. The zero-order chi connectivity index (χ0) is 14.4. The molecule has 0 aromatic heterocycles. The summed E-state index contributed by atoms with van der Waals surface area (Å²) >= 11 is 5.51. The third-order valence-corrected chi connectivity index (χ3v) is 3.82. The fraction of sp³-hybridized carbons (Fsp3) is 0.385. The van der Waals surface area contributed by atoms with Crippen LogP contribution in [-0.2, 0) is 4.79 Å². The second-order valence-corrected chi connectivity index (χ2v) is 6.24. The summed E-state index contributed by atoms with van der Waals surface area (Å²) in [5.74, 6) is -0.309. The Labute approximate surface area is 135 Å². The molecule has 2 amide bonds. The number of halogens is 2. The summed E-state index contributed by atoms with van der Waals surface area (Å²) in [5, 5.41) is 2.75. The van der Waals surface area contributed by atoms with Crippen LogP contribution in [0.2, 0.25) is 0 Å². The van der Waals surface area contributed by atoms with Gasteiger partial charge in [-0.25, -0.2) is 0 Å². The number of hydrogen-bond donors (Lipinski definition) is 1. The quantitative estimate of drug-likeness (QED) is 0.718. The molecule has 0 bridgehead atoms. The van der Waals surface area contributed by atoms with Crippen LogP contribution in [0.25, 0.3) is 0 Å². The number of rotatable bonds is 5. The van der Waals surface area contributed by atoms with E-state index in [2.05, 4.69) is 43.8 Å². The van der Waals surface area contributed by atoms with Crippen molar-refractivity contribution in [1.29, 1.82) is 0 Å². The van der Waals surface area contributed by atoms with Crippen molar-refractivity contribution in [3.05, 3.63) is 31.8 Å². The SMILES string of the molecule is CCCNC(=O)CN(C)C(=O)c1cc(I)ccc1Br. The molecule has 0 spiro atoms. The van der Waals surface area contributed by atoms with Crippen molar-refractivity contribution < 1.29 is 9.59 Å². The molecule has 19 heavy (non-hydrogen) atoms. The third-order valence-electron chi connectivity index (χ3n) is 2.46. The van der Waals surface area contributed by atoms with Crippen molar-refractivity contribution in [2.45, 2.75) is 13.3 Å². The predicted molar refractivity (Wildman–Crippen MR) is 87.1 cm³/mol. The molecule has 6 heteroatoms. The van der Waals surface area contributed by atoms with Crippen molar-refractivity contribution in [1.82, 2.24) is 10.2 Å². The topological polar surface area (TPSA) is 49.4 Å². The molecule has 0 aliphatic carbocycles. The number of carbonyl (C=O) groups excluding carboxylic acids is 2. The van der Waals surface area contributed by atoms with E-state index in [1.165, 1.54) is 4.90 Å². The normalized spacial score (nSPS) is 10.1. The molecule has 0 saturated carbocycles. The van der Waals surface area contributed by atoms with Crippen LogP contribution in [0.3, 0.4) is 0 Å². The molecule has 1 N–H and O–H groups in total. The molecule has 0 aliphatic heterocycles. The van der Waals surface area contributed by atoms with Crippen LogP contribution in [0.5, 0.6) is 0 Å². The fourth-order valence-corrected chi connectivity index (χ4v) is 2.38. The maximum absolute atomic E-state index is 12.2. The van der Waals surface area contributed by atoms with Gasteiger partial charge in [0.15, 0.2) is 0 Å². The van der Waals surface area contributed by atoms with Crippen LogP contribution >= 0.6 is 38.5 Å². The molecule has 0 heterocycles. The van der Waals surface area contributed by atoms with Crippen molar-refractivity contribution in [3.63, 3.8) is 0 Å². The maximum Gasteiger partial charge on any atom is 0.255 e. The van der Waals surface area contributed by atoms with Crippen LogP contribution in [-0.4, -0.2) is 36.9 Å². The molecule has 0 saturated heterocycles. The molecule has 0 aliphatic rings. The second-order valence-electron chi connectivity index (χ2n) is 4.14. The number of amides is 2. The van der Waals surface area contributed by atoms with Crippen LogP contribution < -0.4 is 5.32 Å². The zero-order valence-electron chi connectivity index (χ0n) is 10.9. The van der Waals surface area contributed by atoms with E-state index in [9.17, 15) is 9.59 Å². The first-order valence-electron chi connectivity index (χ1n) is 5.93. The largest absolute Gasteiger partial charge is 0.355 e.